The van der Waals surface area contributed by atoms with Crippen molar-refractivity contribution in [3.63, 3.8) is 0 Å². The molecule has 6 N–H and O–H groups in total. The van der Waals surface area contributed by atoms with Gasteiger partial charge in [0, 0.05) is 16.8 Å². The average molecular weight is 419 g/mol. The minimum absolute atomic E-state index is 0.299. The van der Waals surface area contributed by atoms with Crippen molar-refractivity contribution in [1.29, 1.82) is 4.78 Å². The molecule has 28 heavy (non-hydrogen) atoms. The van der Waals surface area contributed by atoms with Crippen molar-refractivity contribution < 1.29 is 22.5 Å². The van der Waals surface area contributed by atoms with Gasteiger partial charge in [0.2, 0.25) is 0 Å². The third kappa shape index (κ3) is 6.89. The summed E-state index contributed by atoms with van der Waals surface area (Å²) in [4.78, 5) is 4.06. The first-order valence-electron chi connectivity index (χ1n) is 8.09. The van der Waals surface area contributed by atoms with Crippen LogP contribution in [0, 0.1) is 4.78 Å². The number of guanidine groups is 1. The molecule has 0 aliphatic carbocycles. The molecule has 0 aliphatic heterocycles. The molecule has 0 bridgehead atoms. The molecule has 0 amide bonds. The van der Waals surface area contributed by atoms with E-state index in [2.05, 4.69) is 22.2 Å². The zero-order chi connectivity index (χ0) is 21.7. The topological polar surface area (TPSA) is 124 Å². The Kier molecular flexibility index (Phi) is 7.65. The number of anilines is 1. The minimum Gasteiger partial charge on any atom is -0.391 e. The number of rotatable bonds is 7. The molecule has 0 saturated heterocycles. The second-order valence-electron chi connectivity index (χ2n) is 6.13. The van der Waals surface area contributed by atoms with Crippen LogP contribution in [0.15, 0.2) is 58.2 Å². The van der Waals surface area contributed by atoms with Crippen LogP contribution < -0.4 is 16.4 Å². The Morgan fingerprint density at radius 2 is 1.89 bits per heavy atom. The summed E-state index contributed by atoms with van der Waals surface area (Å²) in [5.41, 5.74) is 4.96. The average Bonchev–Trinajstić information content (AvgIpc) is 2.53. The molecule has 1 unspecified atom stereocenters. The number of allylic oxidation sites excluding steroid dienone is 2. The molecule has 0 spiro atoms. The fourth-order valence-electron chi connectivity index (χ4n) is 1.95. The zero-order valence-corrected chi connectivity index (χ0v) is 16.5. The lowest BCUT2D eigenvalue weighted by molar-refractivity contribution is -0.0894. The lowest BCUT2D eigenvalue weighted by Crippen LogP contribution is -2.37. The monoisotopic (exact) mass is 419 g/mol. The maximum atomic E-state index is 13.2. The van der Waals surface area contributed by atoms with Crippen molar-refractivity contribution >= 4 is 21.4 Å². The summed E-state index contributed by atoms with van der Waals surface area (Å²) < 4.78 is 58.9. The second-order valence-corrected chi connectivity index (χ2v) is 8.29. The number of aliphatic imine (C=N–C) groups is 1. The molecule has 11 heteroatoms. The molecule has 0 fully saturated rings. The number of alkyl halides is 3. The Morgan fingerprint density at radius 1 is 1.36 bits per heavy atom. The van der Waals surface area contributed by atoms with Crippen LogP contribution in [0.4, 0.5) is 18.9 Å². The summed E-state index contributed by atoms with van der Waals surface area (Å²) in [5, 5.41) is 14.7. The SMILES string of the molecule is C=C/C(=C(\N=C(N)Nc1ccc(S(C)(=N)=O)cc1)N[C@H](C)[C@@H](C)O)C(F)(F)F. The number of hydrogen-bond donors (Lipinski definition) is 5. The minimum atomic E-state index is -4.73. The lowest BCUT2D eigenvalue weighted by Gasteiger charge is -2.21. The van der Waals surface area contributed by atoms with Crippen LogP contribution in [-0.2, 0) is 9.73 Å². The summed E-state index contributed by atoms with van der Waals surface area (Å²) in [6, 6.07) is 5.10. The van der Waals surface area contributed by atoms with Crippen molar-refractivity contribution in [3.05, 3.63) is 48.3 Å². The van der Waals surface area contributed by atoms with E-state index < -0.39 is 39.4 Å². The summed E-state index contributed by atoms with van der Waals surface area (Å²) >= 11 is 0. The molecule has 0 aliphatic rings. The third-order valence-corrected chi connectivity index (χ3v) is 4.83. The van der Waals surface area contributed by atoms with Crippen molar-refractivity contribution in [2.45, 2.75) is 37.1 Å². The van der Waals surface area contributed by atoms with Crippen molar-refractivity contribution in [2.24, 2.45) is 10.7 Å². The van der Waals surface area contributed by atoms with Gasteiger partial charge in [0.15, 0.2) is 5.96 Å². The lowest BCUT2D eigenvalue weighted by atomic mass is 10.2. The summed E-state index contributed by atoms with van der Waals surface area (Å²) in [6.45, 7) is 6.08. The third-order valence-electron chi connectivity index (χ3n) is 3.66. The molecule has 0 heterocycles. The van der Waals surface area contributed by atoms with E-state index in [1.165, 1.54) is 44.4 Å². The number of hydrogen-bond acceptors (Lipinski definition) is 5. The molecule has 1 rings (SSSR count). The van der Waals surface area contributed by atoms with Gasteiger partial charge in [-0.3, -0.25) is 0 Å². The Morgan fingerprint density at radius 3 is 2.29 bits per heavy atom. The first kappa shape index (κ1) is 23.5. The van der Waals surface area contributed by atoms with E-state index in [-0.39, 0.29) is 5.96 Å². The van der Waals surface area contributed by atoms with Crippen molar-refractivity contribution in [1.82, 2.24) is 5.32 Å². The van der Waals surface area contributed by atoms with Crippen LogP contribution in [0.1, 0.15) is 13.8 Å². The molecule has 0 aromatic heterocycles. The van der Waals surface area contributed by atoms with Gasteiger partial charge < -0.3 is 21.5 Å². The summed E-state index contributed by atoms with van der Waals surface area (Å²) in [5.74, 6) is -0.944. The van der Waals surface area contributed by atoms with Gasteiger partial charge in [-0.25, -0.2) is 8.99 Å². The highest BCUT2D eigenvalue weighted by atomic mass is 32.2. The van der Waals surface area contributed by atoms with E-state index in [4.69, 9.17) is 10.5 Å². The Balaban J connectivity index is 3.23. The smallest absolute Gasteiger partial charge is 0.391 e. The summed E-state index contributed by atoms with van der Waals surface area (Å²) in [7, 11) is -2.89. The van der Waals surface area contributed by atoms with E-state index in [0.29, 0.717) is 16.7 Å². The van der Waals surface area contributed by atoms with E-state index in [9.17, 15) is 22.5 Å². The van der Waals surface area contributed by atoms with Gasteiger partial charge in [0.25, 0.3) is 0 Å². The molecule has 0 radical (unpaired) electrons. The van der Waals surface area contributed by atoms with Crippen LogP contribution >= 0.6 is 0 Å². The van der Waals surface area contributed by atoms with E-state index in [1.807, 2.05) is 0 Å². The fourth-order valence-corrected chi connectivity index (χ4v) is 2.60. The first-order chi connectivity index (χ1) is 12.8. The zero-order valence-electron chi connectivity index (χ0n) is 15.7. The number of benzene rings is 1. The second kappa shape index (κ2) is 9.11. The van der Waals surface area contributed by atoms with Crippen LogP contribution in [-0.4, -0.2) is 39.9 Å². The predicted molar refractivity (Wildman–Crippen MR) is 104 cm³/mol. The Hall–Kier alpha value is -2.53. The number of aliphatic hydroxyl groups excluding tert-OH is 1. The molecule has 3 atom stereocenters. The Bertz CT molecular complexity index is 860. The highest BCUT2D eigenvalue weighted by Gasteiger charge is 2.35. The molecule has 1 aromatic carbocycles. The van der Waals surface area contributed by atoms with Gasteiger partial charge in [-0.15, -0.1) is 0 Å². The highest BCUT2D eigenvalue weighted by Crippen LogP contribution is 2.29. The van der Waals surface area contributed by atoms with E-state index >= 15 is 0 Å². The normalized spacial score (nSPS) is 17.8. The molecule has 1 aromatic rings. The van der Waals surface area contributed by atoms with Gasteiger partial charge in [0.05, 0.1) is 27.4 Å². The maximum absolute atomic E-state index is 13.2. The molecule has 0 saturated carbocycles. The van der Waals surface area contributed by atoms with Crippen LogP contribution in [0.3, 0.4) is 0 Å². The Labute approximate surface area is 162 Å². The van der Waals surface area contributed by atoms with Gasteiger partial charge in [-0.05, 0) is 38.1 Å². The largest absolute Gasteiger partial charge is 0.419 e. The quantitative estimate of drug-likeness (QED) is 0.264. The first-order valence-corrected chi connectivity index (χ1v) is 10.1. The maximum Gasteiger partial charge on any atom is 0.419 e. The standard InChI is InChI=1S/C17H24F3N5O2S/c1-5-14(17(18,19)20)15(23-10(2)11(3)26)25-16(21)24-12-6-8-13(9-7-12)28(4,22)27/h5-11,22-23,26H,1H2,2-4H3,(H3,21,24,25)/b15-14+/t10-,11-,28?/m1/s1. The molecular formula is C17H24F3N5O2S. The van der Waals surface area contributed by atoms with Crippen LogP contribution in [0.25, 0.3) is 0 Å². The highest BCUT2D eigenvalue weighted by molar-refractivity contribution is 7.91. The van der Waals surface area contributed by atoms with Crippen molar-refractivity contribution in [3.8, 4) is 0 Å². The summed E-state index contributed by atoms with van der Waals surface area (Å²) in [6.07, 6.45) is -3.80. The number of nitrogens with zero attached hydrogens (tertiary/aromatic N) is 1. The molecular weight excluding hydrogens is 395 g/mol. The van der Waals surface area contributed by atoms with Crippen molar-refractivity contribution in [2.75, 3.05) is 11.6 Å². The van der Waals surface area contributed by atoms with Crippen LogP contribution in [0.2, 0.25) is 0 Å². The fraction of sp³-hybridized carbons (Fsp3) is 0.353. The predicted octanol–water partition coefficient (Wildman–Crippen LogP) is 2.77. The van der Waals surface area contributed by atoms with Gasteiger partial charge in [-0.1, -0.05) is 12.7 Å². The van der Waals surface area contributed by atoms with Gasteiger partial charge >= 0.3 is 6.18 Å². The van der Waals surface area contributed by atoms with Crippen LogP contribution in [0.5, 0.6) is 0 Å². The number of nitrogens with one attached hydrogen (secondary N) is 3. The van der Waals surface area contributed by atoms with Gasteiger partial charge in [0.1, 0.15) is 5.82 Å². The number of nitrogens with two attached hydrogens (primary N) is 1. The van der Waals surface area contributed by atoms with Gasteiger partial charge in [-0.2, -0.15) is 18.2 Å². The van der Waals surface area contributed by atoms with E-state index in [0.717, 1.165) is 0 Å². The molecule has 156 valence electrons. The molecule has 7 nitrogen and oxygen atoms in total. The van der Waals surface area contributed by atoms with E-state index in [1.54, 1.807) is 0 Å². The number of aliphatic hydroxyl groups is 1. The number of halogens is 3.